The van der Waals surface area contributed by atoms with Crippen LogP contribution >= 0.6 is 11.3 Å². The van der Waals surface area contributed by atoms with Gasteiger partial charge in [0.2, 0.25) is 0 Å². The molecule has 0 aliphatic rings. The molecule has 1 heterocycles. The van der Waals surface area contributed by atoms with Crippen molar-refractivity contribution in [2.24, 2.45) is 0 Å². The monoisotopic (exact) mass is 434 g/mol. The van der Waals surface area contributed by atoms with E-state index in [4.69, 9.17) is 4.74 Å². The quantitative estimate of drug-likeness (QED) is 0.413. The molecule has 31 heavy (non-hydrogen) atoms. The fourth-order valence-corrected chi connectivity index (χ4v) is 4.36. The Hall–Kier alpha value is -3.71. The Morgan fingerprint density at radius 2 is 1.48 bits per heavy atom. The van der Waals surface area contributed by atoms with Crippen molar-refractivity contribution in [1.29, 1.82) is 0 Å². The van der Waals surface area contributed by atoms with Crippen molar-refractivity contribution >= 4 is 44.6 Å². The third-order valence-electron chi connectivity index (χ3n) is 4.86. The number of hydrogen-bond acceptors (Lipinski definition) is 4. The van der Waals surface area contributed by atoms with Crippen molar-refractivity contribution in [3.8, 4) is 5.75 Å². The lowest BCUT2D eigenvalue weighted by molar-refractivity contribution is 0.102. The molecule has 2 N–H and O–H groups in total. The molecule has 0 aliphatic heterocycles. The van der Waals surface area contributed by atoms with Gasteiger partial charge in [-0.25, -0.2) is 4.39 Å². The van der Waals surface area contributed by atoms with E-state index in [1.165, 1.54) is 17.4 Å². The molecular formula is C24H19FN2O3S. The highest BCUT2D eigenvalue weighted by atomic mass is 32.1. The van der Waals surface area contributed by atoms with Crippen LogP contribution in [0.3, 0.4) is 0 Å². The van der Waals surface area contributed by atoms with Gasteiger partial charge < -0.3 is 15.4 Å². The Balaban J connectivity index is 1.45. The molecule has 0 bridgehead atoms. The number of benzene rings is 3. The Bertz CT molecular complexity index is 1260. The van der Waals surface area contributed by atoms with Crippen molar-refractivity contribution in [1.82, 2.24) is 0 Å². The molecule has 4 aromatic rings. The summed E-state index contributed by atoms with van der Waals surface area (Å²) in [6.07, 6.45) is 0. The van der Waals surface area contributed by atoms with Crippen molar-refractivity contribution < 1.29 is 18.7 Å². The van der Waals surface area contributed by atoms with Crippen LogP contribution in [0.15, 0.2) is 66.7 Å². The molecular weight excluding hydrogens is 415 g/mol. The van der Waals surface area contributed by atoms with Crippen molar-refractivity contribution in [3.63, 3.8) is 0 Å². The van der Waals surface area contributed by atoms with E-state index in [1.54, 1.807) is 74.7 Å². The molecule has 0 saturated heterocycles. The summed E-state index contributed by atoms with van der Waals surface area (Å²) in [6.45, 7) is 1.74. The van der Waals surface area contributed by atoms with Gasteiger partial charge in [0.15, 0.2) is 0 Å². The summed E-state index contributed by atoms with van der Waals surface area (Å²) in [6, 6.07) is 18.4. The number of ether oxygens (including phenoxy) is 1. The molecule has 1 aromatic heterocycles. The van der Waals surface area contributed by atoms with Crippen LogP contribution in [-0.4, -0.2) is 18.9 Å². The maximum atomic E-state index is 14.1. The molecule has 156 valence electrons. The fraction of sp³-hybridized carbons (Fsp3) is 0.0833. The van der Waals surface area contributed by atoms with E-state index in [1.807, 2.05) is 0 Å². The number of thiophene rings is 1. The average molecular weight is 434 g/mol. The number of hydrogen-bond donors (Lipinski definition) is 2. The number of anilines is 2. The lowest BCUT2D eigenvalue weighted by atomic mass is 10.1. The van der Waals surface area contributed by atoms with Crippen molar-refractivity contribution in [3.05, 3.63) is 88.6 Å². The van der Waals surface area contributed by atoms with Gasteiger partial charge in [-0.1, -0.05) is 6.07 Å². The normalized spacial score (nSPS) is 10.7. The number of methoxy groups -OCH3 is 1. The van der Waals surface area contributed by atoms with Gasteiger partial charge in [0.05, 0.1) is 12.0 Å². The van der Waals surface area contributed by atoms with E-state index in [-0.39, 0.29) is 17.6 Å². The van der Waals surface area contributed by atoms with Crippen LogP contribution in [0.2, 0.25) is 0 Å². The second kappa shape index (κ2) is 8.57. The molecule has 5 nitrogen and oxygen atoms in total. The van der Waals surface area contributed by atoms with Crippen LogP contribution in [0.25, 0.3) is 10.1 Å². The summed E-state index contributed by atoms with van der Waals surface area (Å²) in [4.78, 5) is 25.6. The maximum Gasteiger partial charge on any atom is 0.266 e. The van der Waals surface area contributed by atoms with Gasteiger partial charge in [0.1, 0.15) is 11.6 Å². The zero-order valence-corrected chi connectivity index (χ0v) is 17.7. The largest absolute Gasteiger partial charge is 0.497 e. The van der Waals surface area contributed by atoms with E-state index >= 15 is 0 Å². The molecule has 0 aliphatic carbocycles. The molecule has 4 rings (SSSR count). The summed E-state index contributed by atoms with van der Waals surface area (Å²) >= 11 is 1.25. The van der Waals surface area contributed by atoms with E-state index in [0.717, 1.165) is 4.70 Å². The van der Waals surface area contributed by atoms with Gasteiger partial charge in [0.25, 0.3) is 11.8 Å². The first-order valence-electron chi connectivity index (χ1n) is 9.50. The number of halogens is 1. The second-order valence-electron chi connectivity index (χ2n) is 6.88. The molecule has 0 spiro atoms. The number of rotatable bonds is 5. The van der Waals surface area contributed by atoms with Crippen LogP contribution in [0, 0.1) is 12.7 Å². The van der Waals surface area contributed by atoms with E-state index in [2.05, 4.69) is 10.6 Å². The smallest absolute Gasteiger partial charge is 0.266 e. The number of carbonyl (C=O) groups excluding carboxylic acids is 2. The third-order valence-corrected chi connectivity index (χ3v) is 6.12. The van der Waals surface area contributed by atoms with E-state index < -0.39 is 0 Å². The van der Waals surface area contributed by atoms with E-state index in [9.17, 15) is 14.0 Å². The summed E-state index contributed by atoms with van der Waals surface area (Å²) < 4.78 is 19.9. The lowest BCUT2D eigenvalue weighted by Gasteiger charge is -2.08. The molecule has 3 aromatic carbocycles. The molecule has 2 amide bonds. The lowest BCUT2D eigenvalue weighted by Crippen LogP contribution is -2.13. The molecule has 0 atom stereocenters. The van der Waals surface area contributed by atoms with Gasteiger partial charge >= 0.3 is 0 Å². The predicted molar refractivity (Wildman–Crippen MR) is 122 cm³/mol. The molecule has 0 saturated carbocycles. The average Bonchev–Trinajstić information content (AvgIpc) is 3.12. The molecule has 0 fully saturated rings. The minimum absolute atomic E-state index is 0.265. The number of carbonyl (C=O) groups is 2. The van der Waals surface area contributed by atoms with Crippen LogP contribution in [0.1, 0.15) is 25.6 Å². The van der Waals surface area contributed by atoms with Gasteiger partial charge in [0, 0.05) is 27.0 Å². The summed E-state index contributed by atoms with van der Waals surface area (Å²) in [5.41, 5.74) is 2.26. The Morgan fingerprint density at radius 1 is 0.871 bits per heavy atom. The first kappa shape index (κ1) is 20.6. The van der Waals surface area contributed by atoms with Crippen molar-refractivity contribution in [2.45, 2.75) is 6.92 Å². The molecule has 0 radical (unpaired) electrons. The highest BCUT2D eigenvalue weighted by molar-refractivity contribution is 7.21. The number of nitrogens with one attached hydrogen (secondary N) is 2. The minimum Gasteiger partial charge on any atom is -0.497 e. The number of aryl methyl sites for hydroxylation is 1. The first-order chi connectivity index (χ1) is 15.0. The maximum absolute atomic E-state index is 14.1. The van der Waals surface area contributed by atoms with Gasteiger partial charge in [-0.3, -0.25) is 9.59 Å². The zero-order chi connectivity index (χ0) is 22.0. The summed E-state index contributed by atoms with van der Waals surface area (Å²) in [5.74, 6) is -0.209. The minimum atomic E-state index is -0.336. The summed E-state index contributed by atoms with van der Waals surface area (Å²) in [5, 5.41) is 6.09. The Morgan fingerprint density at radius 3 is 2.10 bits per heavy atom. The Kier molecular flexibility index (Phi) is 5.68. The van der Waals surface area contributed by atoms with Gasteiger partial charge in [-0.15, -0.1) is 11.3 Å². The SMILES string of the molecule is COc1ccc(NC(=O)c2ccc(NC(=O)c3sc4cccc(F)c4c3C)cc2)cc1. The van der Waals surface area contributed by atoms with Crippen molar-refractivity contribution in [2.75, 3.05) is 17.7 Å². The highest BCUT2D eigenvalue weighted by Crippen LogP contribution is 2.33. The van der Waals surface area contributed by atoms with Gasteiger partial charge in [-0.05, 0) is 73.2 Å². The fourth-order valence-electron chi connectivity index (χ4n) is 3.24. The van der Waals surface area contributed by atoms with Crippen LogP contribution in [-0.2, 0) is 0 Å². The molecule has 0 unspecified atom stereocenters. The zero-order valence-electron chi connectivity index (χ0n) is 16.9. The third kappa shape index (κ3) is 4.27. The van der Waals surface area contributed by atoms with Crippen LogP contribution < -0.4 is 15.4 Å². The van der Waals surface area contributed by atoms with Crippen LogP contribution in [0.4, 0.5) is 15.8 Å². The second-order valence-corrected chi connectivity index (χ2v) is 7.94. The molecule has 7 heteroatoms. The summed E-state index contributed by atoms with van der Waals surface area (Å²) in [7, 11) is 1.58. The van der Waals surface area contributed by atoms with Crippen LogP contribution in [0.5, 0.6) is 5.75 Å². The topological polar surface area (TPSA) is 67.4 Å². The number of amides is 2. The van der Waals surface area contributed by atoms with E-state index in [0.29, 0.717) is 38.5 Å². The predicted octanol–water partition coefficient (Wildman–Crippen LogP) is 5.86. The number of fused-ring (bicyclic) bond motifs is 1. The highest BCUT2D eigenvalue weighted by Gasteiger charge is 2.18. The van der Waals surface area contributed by atoms with Gasteiger partial charge in [-0.2, -0.15) is 0 Å². The first-order valence-corrected chi connectivity index (χ1v) is 10.3. The standard InChI is InChI=1S/C24H19FN2O3S/c1-14-21-19(25)4-3-5-20(21)31-22(14)24(29)27-16-8-6-15(7-9-16)23(28)26-17-10-12-18(30-2)13-11-17/h3-13H,1-2H3,(H,26,28)(H,27,29). The Labute approximate surface area is 182 Å².